The first-order chi connectivity index (χ1) is 7.66. The maximum absolute atomic E-state index is 11.1. The van der Waals surface area contributed by atoms with E-state index in [4.69, 9.17) is 9.84 Å². The normalized spacial score (nSPS) is 19.8. The zero-order valence-electron chi connectivity index (χ0n) is 8.64. The summed E-state index contributed by atoms with van der Waals surface area (Å²) in [5, 5.41) is 21.4. The highest BCUT2D eigenvalue weighted by molar-refractivity contribution is 5.77. The van der Waals surface area contributed by atoms with Gasteiger partial charge in [0.2, 0.25) is 0 Å². The van der Waals surface area contributed by atoms with E-state index in [0.29, 0.717) is 19.6 Å². The van der Waals surface area contributed by atoms with Crippen LogP contribution in [0.2, 0.25) is 0 Å². The Hall–Kier alpha value is -1.75. The Bertz CT molecular complexity index is 405. The molecule has 0 saturated carbocycles. The first kappa shape index (κ1) is 10.8. The SMILES string of the molecule is O=C1OCCC1NCc1ccc(O)c(O)c1. The monoisotopic (exact) mass is 223 g/mol. The molecule has 0 aromatic heterocycles. The maximum atomic E-state index is 11.1. The molecule has 0 spiro atoms. The number of benzene rings is 1. The molecule has 1 aliphatic heterocycles. The minimum absolute atomic E-state index is 0.149. The summed E-state index contributed by atoms with van der Waals surface area (Å²) in [4.78, 5) is 11.1. The van der Waals surface area contributed by atoms with Gasteiger partial charge in [-0.25, -0.2) is 0 Å². The fourth-order valence-corrected chi connectivity index (χ4v) is 1.60. The van der Waals surface area contributed by atoms with Gasteiger partial charge in [0.25, 0.3) is 0 Å². The number of carbonyl (C=O) groups is 1. The van der Waals surface area contributed by atoms with Crippen molar-refractivity contribution in [2.24, 2.45) is 0 Å². The molecule has 86 valence electrons. The molecule has 1 aromatic carbocycles. The van der Waals surface area contributed by atoms with Gasteiger partial charge in [0, 0.05) is 13.0 Å². The Morgan fingerprint density at radius 1 is 1.38 bits per heavy atom. The van der Waals surface area contributed by atoms with Crippen molar-refractivity contribution in [3.05, 3.63) is 23.8 Å². The molecule has 1 unspecified atom stereocenters. The Morgan fingerprint density at radius 2 is 2.19 bits per heavy atom. The average molecular weight is 223 g/mol. The van der Waals surface area contributed by atoms with Crippen LogP contribution in [0.3, 0.4) is 0 Å². The van der Waals surface area contributed by atoms with Gasteiger partial charge in [0.15, 0.2) is 11.5 Å². The molecule has 1 aromatic rings. The van der Waals surface area contributed by atoms with E-state index in [1.54, 1.807) is 6.07 Å². The zero-order valence-corrected chi connectivity index (χ0v) is 8.64. The molecule has 2 rings (SSSR count). The number of hydrogen-bond donors (Lipinski definition) is 3. The number of cyclic esters (lactones) is 1. The summed E-state index contributed by atoms with van der Waals surface area (Å²) >= 11 is 0. The summed E-state index contributed by atoms with van der Waals surface area (Å²) in [7, 11) is 0. The standard InChI is InChI=1S/C11H13NO4/c13-9-2-1-7(5-10(9)14)6-12-8-3-4-16-11(8)15/h1-2,5,8,12-14H,3-4,6H2. The summed E-state index contributed by atoms with van der Waals surface area (Å²) in [5.74, 6) is -0.541. The van der Waals surface area contributed by atoms with Crippen LogP contribution in [0.15, 0.2) is 18.2 Å². The van der Waals surface area contributed by atoms with Crippen LogP contribution in [0.5, 0.6) is 11.5 Å². The van der Waals surface area contributed by atoms with Crippen LogP contribution in [0.4, 0.5) is 0 Å². The molecule has 5 heteroatoms. The van der Waals surface area contributed by atoms with Crippen molar-refractivity contribution in [3.63, 3.8) is 0 Å². The lowest BCUT2D eigenvalue weighted by atomic mass is 10.2. The minimum Gasteiger partial charge on any atom is -0.504 e. The van der Waals surface area contributed by atoms with Crippen LogP contribution in [0, 0.1) is 0 Å². The highest BCUT2D eigenvalue weighted by atomic mass is 16.5. The van der Waals surface area contributed by atoms with E-state index in [0.717, 1.165) is 5.56 Å². The number of carbonyl (C=O) groups excluding carboxylic acids is 1. The molecule has 1 heterocycles. The van der Waals surface area contributed by atoms with Gasteiger partial charge >= 0.3 is 5.97 Å². The highest BCUT2D eigenvalue weighted by Gasteiger charge is 2.25. The molecular formula is C11H13NO4. The Morgan fingerprint density at radius 3 is 2.81 bits per heavy atom. The summed E-state index contributed by atoms with van der Waals surface area (Å²) in [6.45, 7) is 0.908. The van der Waals surface area contributed by atoms with Crippen molar-refractivity contribution < 1.29 is 19.7 Å². The van der Waals surface area contributed by atoms with Crippen molar-refractivity contribution in [1.29, 1.82) is 0 Å². The zero-order chi connectivity index (χ0) is 11.5. The fraction of sp³-hybridized carbons (Fsp3) is 0.364. The first-order valence-electron chi connectivity index (χ1n) is 5.07. The van der Waals surface area contributed by atoms with Crippen molar-refractivity contribution in [2.45, 2.75) is 19.0 Å². The minimum atomic E-state index is -0.268. The van der Waals surface area contributed by atoms with Gasteiger partial charge in [0.1, 0.15) is 6.04 Å². The van der Waals surface area contributed by atoms with Gasteiger partial charge in [-0.1, -0.05) is 6.07 Å². The molecule has 5 nitrogen and oxygen atoms in total. The number of phenols is 2. The second-order valence-corrected chi connectivity index (χ2v) is 3.71. The molecule has 0 amide bonds. The van der Waals surface area contributed by atoms with Crippen molar-refractivity contribution in [2.75, 3.05) is 6.61 Å². The van der Waals surface area contributed by atoms with Gasteiger partial charge in [-0.05, 0) is 17.7 Å². The number of esters is 1. The summed E-state index contributed by atoms with van der Waals surface area (Å²) in [6, 6.07) is 4.29. The summed E-state index contributed by atoms with van der Waals surface area (Å²) < 4.78 is 4.81. The van der Waals surface area contributed by atoms with Crippen LogP contribution in [0.1, 0.15) is 12.0 Å². The van der Waals surface area contributed by atoms with Crippen molar-refractivity contribution in [3.8, 4) is 11.5 Å². The molecular weight excluding hydrogens is 210 g/mol. The number of hydrogen-bond acceptors (Lipinski definition) is 5. The van der Waals surface area contributed by atoms with Crippen LogP contribution in [0.25, 0.3) is 0 Å². The Kier molecular flexibility index (Phi) is 2.96. The number of phenolic OH excluding ortho intramolecular Hbond substituents is 2. The van der Waals surface area contributed by atoms with Crippen molar-refractivity contribution in [1.82, 2.24) is 5.32 Å². The van der Waals surface area contributed by atoms with E-state index in [-0.39, 0.29) is 23.5 Å². The number of aromatic hydroxyl groups is 2. The van der Waals surface area contributed by atoms with Gasteiger partial charge in [0.05, 0.1) is 6.61 Å². The molecule has 1 aliphatic rings. The predicted octanol–water partition coefficient (Wildman–Crippen LogP) is 0.503. The molecule has 0 aliphatic carbocycles. The lowest BCUT2D eigenvalue weighted by Crippen LogP contribution is -2.32. The number of rotatable bonds is 3. The molecule has 0 bridgehead atoms. The highest BCUT2D eigenvalue weighted by Crippen LogP contribution is 2.24. The molecule has 1 fully saturated rings. The largest absolute Gasteiger partial charge is 0.504 e. The van der Waals surface area contributed by atoms with Gasteiger partial charge in [-0.2, -0.15) is 0 Å². The first-order valence-corrected chi connectivity index (χ1v) is 5.07. The summed E-state index contributed by atoms with van der Waals surface area (Å²) in [5.41, 5.74) is 0.801. The number of ether oxygens (including phenoxy) is 1. The number of nitrogens with one attached hydrogen (secondary N) is 1. The van der Waals surface area contributed by atoms with Crippen LogP contribution < -0.4 is 5.32 Å². The second-order valence-electron chi connectivity index (χ2n) is 3.71. The van der Waals surface area contributed by atoms with E-state index in [9.17, 15) is 9.90 Å². The van der Waals surface area contributed by atoms with Crippen LogP contribution in [-0.4, -0.2) is 28.8 Å². The maximum Gasteiger partial charge on any atom is 0.323 e. The smallest absolute Gasteiger partial charge is 0.323 e. The quantitative estimate of drug-likeness (QED) is 0.514. The molecule has 16 heavy (non-hydrogen) atoms. The van der Waals surface area contributed by atoms with E-state index in [2.05, 4.69) is 5.32 Å². The third-order valence-corrected chi connectivity index (χ3v) is 2.53. The predicted molar refractivity (Wildman–Crippen MR) is 56.0 cm³/mol. The second kappa shape index (κ2) is 4.40. The Balaban J connectivity index is 1.94. The van der Waals surface area contributed by atoms with E-state index in [1.165, 1.54) is 12.1 Å². The summed E-state index contributed by atoms with van der Waals surface area (Å²) in [6.07, 6.45) is 0.670. The molecule has 0 radical (unpaired) electrons. The van der Waals surface area contributed by atoms with E-state index >= 15 is 0 Å². The van der Waals surface area contributed by atoms with Crippen molar-refractivity contribution >= 4 is 5.97 Å². The van der Waals surface area contributed by atoms with Crippen LogP contribution >= 0.6 is 0 Å². The molecule has 1 atom stereocenters. The average Bonchev–Trinajstić information content (AvgIpc) is 2.66. The van der Waals surface area contributed by atoms with Gasteiger partial charge < -0.3 is 20.3 Å². The van der Waals surface area contributed by atoms with Crippen LogP contribution in [-0.2, 0) is 16.1 Å². The Labute approximate surface area is 92.7 Å². The lowest BCUT2D eigenvalue weighted by molar-refractivity contribution is -0.139. The topological polar surface area (TPSA) is 78.8 Å². The van der Waals surface area contributed by atoms with Gasteiger partial charge in [-0.15, -0.1) is 0 Å². The van der Waals surface area contributed by atoms with E-state index < -0.39 is 0 Å². The lowest BCUT2D eigenvalue weighted by Gasteiger charge is -2.09. The van der Waals surface area contributed by atoms with Gasteiger partial charge in [-0.3, -0.25) is 4.79 Å². The third-order valence-electron chi connectivity index (χ3n) is 2.53. The molecule has 1 saturated heterocycles. The third kappa shape index (κ3) is 2.25. The molecule has 3 N–H and O–H groups in total. The van der Waals surface area contributed by atoms with E-state index in [1.807, 2.05) is 0 Å². The fourth-order valence-electron chi connectivity index (χ4n) is 1.60.